The second-order valence-corrected chi connectivity index (χ2v) is 10.6. The quantitative estimate of drug-likeness (QED) is 0.243. The van der Waals surface area contributed by atoms with E-state index in [-0.39, 0.29) is 11.3 Å². The average Bonchev–Trinajstić information content (AvgIpc) is 3.33. The van der Waals surface area contributed by atoms with E-state index in [0.717, 1.165) is 44.4 Å². The molecule has 6 nitrogen and oxygen atoms in total. The SMILES string of the molecule is CC(C)(C)c1cccc(C(=O)Nc2ccc(Nc3cc(-c4cccc5c4oc4ccccc45)ncn3)cc2)c1. The van der Waals surface area contributed by atoms with Crippen molar-refractivity contribution >= 4 is 45.0 Å². The molecule has 2 aromatic heterocycles. The van der Waals surface area contributed by atoms with Gasteiger partial charge >= 0.3 is 0 Å². The molecular formula is C33H28N4O2. The summed E-state index contributed by atoms with van der Waals surface area (Å²) in [6.45, 7) is 6.40. The van der Waals surface area contributed by atoms with Crippen LogP contribution in [0.25, 0.3) is 33.2 Å². The summed E-state index contributed by atoms with van der Waals surface area (Å²) in [5.74, 6) is 0.519. The molecule has 0 aliphatic rings. The van der Waals surface area contributed by atoms with Gasteiger partial charge in [-0.15, -0.1) is 0 Å². The molecule has 0 unspecified atom stereocenters. The van der Waals surface area contributed by atoms with E-state index in [1.807, 2.05) is 84.9 Å². The Labute approximate surface area is 226 Å². The molecule has 1 amide bonds. The van der Waals surface area contributed by atoms with Crippen molar-refractivity contribution in [3.8, 4) is 11.3 Å². The van der Waals surface area contributed by atoms with E-state index in [9.17, 15) is 4.79 Å². The maximum Gasteiger partial charge on any atom is 0.255 e. The first-order chi connectivity index (χ1) is 18.8. The molecule has 0 fully saturated rings. The standard InChI is InChI=1S/C33H28N4O2/c1-33(2,3)22-9-6-8-21(18-22)32(38)37-24-16-14-23(15-17-24)36-30-19-28(34-20-35-30)27-12-7-11-26-25-10-4-5-13-29(25)39-31(26)27/h4-20H,1-3H3,(H,37,38)(H,34,35,36). The Kier molecular flexibility index (Phi) is 6.08. The topological polar surface area (TPSA) is 80.0 Å². The van der Waals surface area contributed by atoms with Gasteiger partial charge in [0.05, 0.1) is 5.69 Å². The van der Waals surface area contributed by atoms with Gasteiger partial charge in [0.25, 0.3) is 5.91 Å². The zero-order valence-electron chi connectivity index (χ0n) is 22.0. The van der Waals surface area contributed by atoms with Gasteiger partial charge < -0.3 is 15.1 Å². The van der Waals surface area contributed by atoms with Crippen molar-refractivity contribution in [2.75, 3.05) is 10.6 Å². The van der Waals surface area contributed by atoms with Gasteiger partial charge in [0.1, 0.15) is 23.3 Å². The van der Waals surface area contributed by atoms with E-state index in [1.54, 1.807) is 6.33 Å². The van der Waals surface area contributed by atoms with Gasteiger partial charge in [-0.1, -0.05) is 63.2 Å². The maximum atomic E-state index is 12.8. The van der Waals surface area contributed by atoms with Crippen LogP contribution in [0.1, 0.15) is 36.7 Å². The van der Waals surface area contributed by atoms with Gasteiger partial charge in [0, 0.05) is 39.3 Å². The Balaban J connectivity index is 1.20. The minimum atomic E-state index is -0.137. The Morgan fingerprint density at radius 1 is 0.769 bits per heavy atom. The summed E-state index contributed by atoms with van der Waals surface area (Å²) in [7, 11) is 0. The van der Waals surface area contributed by atoms with Crippen molar-refractivity contribution in [3.63, 3.8) is 0 Å². The highest BCUT2D eigenvalue weighted by atomic mass is 16.3. The van der Waals surface area contributed by atoms with E-state index < -0.39 is 0 Å². The summed E-state index contributed by atoms with van der Waals surface area (Å²) in [6.07, 6.45) is 1.54. The molecular weight excluding hydrogens is 484 g/mol. The van der Waals surface area contributed by atoms with Gasteiger partial charge in [0.15, 0.2) is 0 Å². The van der Waals surface area contributed by atoms with Crippen LogP contribution in [-0.2, 0) is 5.41 Å². The molecule has 0 radical (unpaired) electrons. The smallest absolute Gasteiger partial charge is 0.255 e. The number of nitrogens with zero attached hydrogens (tertiary/aromatic N) is 2. The van der Waals surface area contributed by atoms with Crippen LogP contribution in [0.5, 0.6) is 0 Å². The van der Waals surface area contributed by atoms with Crippen LogP contribution in [0, 0.1) is 0 Å². The summed E-state index contributed by atoms with van der Waals surface area (Å²) in [4.78, 5) is 21.7. The lowest BCUT2D eigenvalue weighted by Crippen LogP contribution is -2.15. The number of benzene rings is 4. The fourth-order valence-corrected chi connectivity index (χ4v) is 4.64. The van der Waals surface area contributed by atoms with Crippen LogP contribution in [0.4, 0.5) is 17.2 Å². The van der Waals surface area contributed by atoms with Crippen molar-refractivity contribution < 1.29 is 9.21 Å². The molecule has 39 heavy (non-hydrogen) atoms. The number of carbonyl (C=O) groups excluding carboxylic acids is 1. The van der Waals surface area contributed by atoms with Crippen molar-refractivity contribution in [2.45, 2.75) is 26.2 Å². The Morgan fingerprint density at radius 3 is 2.33 bits per heavy atom. The number of hydrogen-bond acceptors (Lipinski definition) is 5. The fourth-order valence-electron chi connectivity index (χ4n) is 4.64. The average molecular weight is 513 g/mol. The van der Waals surface area contributed by atoms with Crippen LogP contribution in [0.3, 0.4) is 0 Å². The fraction of sp³-hybridized carbons (Fsp3) is 0.121. The Bertz CT molecular complexity index is 1810. The monoisotopic (exact) mass is 512 g/mol. The molecule has 0 aliphatic heterocycles. The molecule has 0 aliphatic carbocycles. The normalized spacial score (nSPS) is 11.6. The third-order valence-corrected chi connectivity index (χ3v) is 6.75. The van der Waals surface area contributed by atoms with E-state index >= 15 is 0 Å². The summed E-state index contributed by atoms with van der Waals surface area (Å²) in [5, 5.41) is 8.45. The van der Waals surface area contributed by atoms with Gasteiger partial charge in [-0.25, -0.2) is 9.97 Å². The van der Waals surface area contributed by atoms with E-state index in [1.165, 1.54) is 0 Å². The molecule has 2 heterocycles. The number of fused-ring (bicyclic) bond motifs is 3. The van der Waals surface area contributed by atoms with Crippen LogP contribution < -0.4 is 10.6 Å². The Hall–Kier alpha value is -4.97. The molecule has 0 bridgehead atoms. The number of furan rings is 1. The maximum absolute atomic E-state index is 12.8. The van der Waals surface area contributed by atoms with Gasteiger partial charge in [-0.3, -0.25) is 4.79 Å². The molecule has 6 aromatic rings. The highest BCUT2D eigenvalue weighted by Crippen LogP contribution is 2.35. The third kappa shape index (κ3) is 4.97. The third-order valence-electron chi connectivity index (χ3n) is 6.75. The van der Waals surface area contributed by atoms with Crippen LogP contribution in [-0.4, -0.2) is 15.9 Å². The minimum absolute atomic E-state index is 0.0248. The zero-order chi connectivity index (χ0) is 27.0. The molecule has 2 N–H and O–H groups in total. The molecule has 6 heteroatoms. The summed E-state index contributed by atoms with van der Waals surface area (Å²) < 4.78 is 6.18. The van der Waals surface area contributed by atoms with E-state index in [2.05, 4.69) is 53.5 Å². The summed E-state index contributed by atoms with van der Waals surface area (Å²) >= 11 is 0. The summed E-state index contributed by atoms with van der Waals surface area (Å²) in [5.41, 5.74) is 6.61. The second-order valence-electron chi connectivity index (χ2n) is 10.6. The van der Waals surface area contributed by atoms with Gasteiger partial charge in [-0.05, 0) is 59.5 Å². The van der Waals surface area contributed by atoms with E-state index in [4.69, 9.17) is 4.42 Å². The molecule has 0 saturated carbocycles. The number of rotatable bonds is 5. The van der Waals surface area contributed by atoms with Crippen molar-refractivity contribution in [2.24, 2.45) is 0 Å². The lowest BCUT2D eigenvalue weighted by molar-refractivity contribution is 0.102. The second kappa shape index (κ2) is 9.72. The number of anilines is 3. The molecule has 6 rings (SSSR count). The van der Waals surface area contributed by atoms with Crippen molar-refractivity contribution in [1.29, 1.82) is 0 Å². The van der Waals surface area contributed by atoms with Crippen LogP contribution >= 0.6 is 0 Å². The number of carbonyl (C=O) groups is 1. The lowest BCUT2D eigenvalue weighted by atomic mass is 9.86. The zero-order valence-corrected chi connectivity index (χ0v) is 22.0. The number of nitrogens with one attached hydrogen (secondary N) is 2. The van der Waals surface area contributed by atoms with Crippen molar-refractivity contribution in [1.82, 2.24) is 9.97 Å². The van der Waals surface area contributed by atoms with Gasteiger partial charge in [0.2, 0.25) is 0 Å². The number of para-hydroxylation sites is 2. The predicted octanol–water partition coefficient (Wildman–Crippen LogP) is 8.34. The molecule has 192 valence electrons. The van der Waals surface area contributed by atoms with Crippen LogP contribution in [0.15, 0.2) is 108 Å². The lowest BCUT2D eigenvalue weighted by Gasteiger charge is -2.19. The largest absolute Gasteiger partial charge is 0.455 e. The highest BCUT2D eigenvalue weighted by Gasteiger charge is 2.16. The molecule has 0 spiro atoms. The number of amides is 1. The summed E-state index contributed by atoms with van der Waals surface area (Å²) in [6, 6.07) is 31.3. The minimum Gasteiger partial charge on any atom is -0.455 e. The van der Waals surface area contributed by atoms with Crippen molar-refractivity contribution in [3.05, 3.63) is 115 Å². The first-order valence-electron chi connectivity index (χ1n) is 12.9. The molecule has 0 saturated heterocycles. The van der Waals surface area contributed by atoms with E-state index in [0.29, 0.717) is 17.1 Å². The molecule has 4 aromatic carbocycles. The predicted molar refractivity (Wildman–Crippen MR) is 158 cm³/mol. The molecule has 0 atom stereocenters. The first-order valence-corrected chi connectivity index (χ1v) is 12.9. The number of aromatic nitrogens is 2. The number of hydrogen-bond donors (Lipinski definition) is 2. The first kappa shape index (κ1) is 24.4. The van der Waals surface area contributed by atoms with Crippen LogP contribution in [0.2, 0.25) is 0 Å². The Morgan fingerprint density at radius 2 is 1.51 bits per heavy atom. The highest BCUT2D eigenvalue weighted by molar-refractivity contribution is 6.09. The van der Waals surface area contributed by atoms with Gasteiger partial charge in [-0.2, -0.15) is 0 Å².